The van der Waals surface area contributed by atoms with Crippen LogP contribution in [0, 0.1) is 18.8 Å². The van der Waals surface area contributed by atoms with Crippen molar-refractivity contribution in [1.82, 2.24) is 9.55 Å². The molecule has 0 amide bonds. The molecule has 1 N–H and O–H groups in total. The maximum atomic E-state index is 11.8. The Morgan fingerprint density at radius 1 is 1.44 bits per heavy atom. The van der Waals surface area contributed by atoms with Gasteiger partial charge in [-0.15, -0.1) is 0 Å². The van der Waals surface area contributed by atoms with Gasteiger partial charge in [0, 0.05) is 11.8 Å². The second kappa shape index (κ2) is 4.72. The Kier molecular flexibility index (Phi) is 3.43. The average Bonchev–Trinajstić information content (AvgIpc) is 2.65. The van der Waals surface area contributed by atoms with Crippen LogP contribution in [0.2, 0.25) is 0 Å². The second-order valence-electron chi connectivity index (χ2n) is 5.49. The van der Waals surface area contributed by atoms with Crippen LogP contribution < -0.4 is 11.2 Å². The molecule has 1 aromatic heterocycles. The van der Waals surface area contributed by atoms with Gasteiger partial charge >= 0.3 is 5.69 Å². The van der Waals surface area contributed by atoms with E-state index in [4.69, 9.17) is 4.74 Å². The highest BCUT2D eigenvalue weighted by Crippen LogP contribution is 2.35. The van der Waals surface area contributed by atoms with Crippen molar-refractivity contribution >= 4 is 0 Å². The van der Waals surface area contributed by atoms with Crippen LogP contribution in [0.1, 0.15) is 39.0 Å². The lowest BCUT2D eigenvalue weighted by Crippen LogP contribution is -2.33. The van der Waals surface area contributed by atoms with E-state index < -0.39 is 5.69 Å². The van der Waals surface area contributed by atoms with Gasteiger partial charge in [0.1, 0.15) is 6.23 Å². The number of rotatable bonds is 2. The third kappa shape index (κ3) is 2.27. The quantitative estimate of drug-likeness (QED) is 0.866. The molecule has 0 saturated carbocycles. The van der Waals surface area contributed by atoms with Gasteiger partial charge in [-0.1, -0.05) is 20.8 Å². The van der Waals surface area contributed by atoms with E-state index in [-0.39, 0.29) is 17.9 Å². The number of nitrogens with zero attached hydrogens (tertiary/aromatic N) is 1. The molecule has 0 spiro atoms. The minimum atomic E-state index is -0.396. The minimum Gasteiger partial charge on any atom is -0.354 e. The standard InChI is InChI=1S/C13H20N2O3/c1-7(2)11-8(3)5-10(18-11)15-6-9(4)12(16)14-13(15)17/h6-8,10-11H,5H2,1-4H3,(H,14,16,17)/t8?,10-,11-/m1/s1. The molecule has 18 heavy (non-hydrogen) atoms. The lowest BCUT2D eigenvalue weighted by molar-refractivity contribution is -0.0277. The van der Waals surface area contributed by atoms with Gasteiger partial charge in [-0.2, -0.15) is 0 Å². The third-order valence-electron chi connectivity index (χ3n) is 3.56. The number of nitrogens with one attached hydrogen (secondary N) is 1. The predicted molar refractivity (Wildman–Crippen MR) is 68.6 cm³/mol. The monoisotopic (exact) mass is 252 g/mol. The van der Waals surface area contributed by atoms with Crippen LogP contribution in [-0.4, -0.2) is 15.7 Å². The van der Waals surface area contributed by atoms with Crippen molar-refractivity contribution in [3.8, 4) is 0 Å². The van der Waals surface area contributed by atoms with Gasteiger partial charge in [0.15, 0.2) is 0 Å². The first-order valence-electron chi connectivity index (χ1n) is 6.37. The van der Waals surface area contributed by atoms with E-state index in [0.29, 0.717) is 17.4 Å². The highest BCUT2D eigenvalue weighted by Gasteiger charge is 2.35. The van der Waals surface area contributed by atoms with Crippen LogP contribution in [0.5, 0.6) is 0 Å². The van der Waals surface area contributed by atoms with Gasteiger partial charge in [0.25, 0.3) is 5.56 Å². The minimum absolute atomic E-state index is 0.161. The lowest BCUT2D eigenvalue weighted by Gasteiger charge is -2.19. The molecule has 0 aromatic carbocycles. The number of H-pyrrole nitrogens is 1. The molecule has 5 nitrogen and oxygen atoms in total. The molecule has 100 valence electrons. The number of hydrogen-bond acceptors (Lipinski definition) is 3. The summed E-state index contributed by atoms with van der Waals surface area (Å²) < 4.78 is 7.43. The fraction of sp³-hybridized carbons (Fsp3) is 0.692. The Bertz CT molecular complexity index is 544. The summed E-state index contributed by atoms with van der Waals surface area (Å²) in [6.45, 7) is 8.05. The molecular formula is C13H20N2O3. The molecule has 5 heteroatoms. The Morgan fingerprint density at radius 3 is 2.67 bits per heavy atom. The summed E-state index contributed by atoms with van der Waals surface area (Å²) in [6, 6.07) is 0. The summed E-state index contributed by atoms with van der Waals surface area (Å²) in [5.74, 6) is 0.832. The summed E-state index contributed by atoms with van der Waals surface area (Å²) in [5, 5.41) is 0. The molecule has 0 aliphatic carbocycles. The maximum Gasteiger partial charge on any atom is 0.330 e. The first-order valence-corrected chi connectivity index (χ1v) is 6.37. The molecule has 2 heterocycles. The number of ether oxygens (including phenoxy) is 1. The largest absolute Gasteiger partial charge is 0.354 e. The van der Waals surface area contributed by atoms with Crippen LogP contribution in [0.3, 0.4) is 0 Å². The van der Waals surface area contributed by atoms with E-state index in [0.717, 1.165) is 6.42 Å². The SMILES string of the molecule is Cc1cn([C@H]2CC(C)[C@@H](C(C)C)O2)c(=O)[nH]c1=O. The smallest absolute Gasteiger partial charge is 0.330 e. The molecule has 3 atom stereocenters. The number of hydrogen-bond donors (Lipinski definition) is 1. The van der Waals surface area contributed by atoms with E-state index in [2.05, 4.69) is 25.8 Å². The van der Waals surface area contributed by atoms with Gasteiger partial charge in [-0.3, -0.25) is 14.3 Å². The zero-order valence-electron chi connectivity index (χ0n) is 11.3. The van der Waals surface area contributed by atoms with Crippen LogP contribution in [0.25, 0.3) is 0 Å². The Hall–Kier alpha value is -1.36. The number of aryl methyl sites for hydroxylation is 1. The van der Waals surface area contributed by atoms with Gasteiger partial charge < -0.3 is 4.74 Å². The molecule has 0 bridgehead atoms. The van der Waals surface area contributed by atoms with Gasteiger partial charge in [0.05, 0.1) is 6.10 Å². The molecule has 1 saturated heterocycles. The average molecular weight is 252 g/mol. The van der Waals surface area contributed by atoms with Crippen LogP contribution in [0.15, 0.2) is 15.8 Å². The predicted octanol–water partition coefficient (Wildman–Crippen LogP) is 1.42. The number of aromatic nitrogens is 2. The second-order valence-corrected chi connectivity index (χ2v) is 5.49. The van der Waals surface area contributed by atoms with Crippen molar-refractivity contribution in [2.45, 2.75) is 46.4 Å². The maximum absolute atomic E-state index is 11.8. The topological polar surface area (TPSA) is 64.1 Å². The van der Waals surface area contributed by atoms with Crippen molar-refractivity contribution in [3.05, 3.63) is 32.6 Å². The van der Waals surface area contributed by atoms with Crippen LogP contribution in [-0.2, 0) is 4.74 Å². The van der Waals surface area contributed by atoms with E-state index in [9.17, 15) is 9.59 Å². The summed E-state index contributed by atoms with van der Waals surface area (Å²) in [4.78, 5) is 25.4. The lowest BCUT2D eigenvalue weighted by atomic mass is 9.94. The number of aromatic amines is 1. The highest BCUT2D eigenvalue weighted by molar-refractivity contribution is 5.01. The van der Waals surface area contributed by atoms with E-state index in [1.807, 2.05) is 0 Å². The van der Waals surface area contributed by atoms with E-state index >= 15 is 0 Å². The first kappa shape index (κ1) is 13.1. The first-order chi connectivity index (χ1) is 8.40. The van der Waals surface area contributed by atoms with E-state index in [1.165, 1.54) is 4.57 Å². The van der Waals surface area contributed by atoms with Crippen molar-refractivity contribution in [1.29, 1.82) is 0 Å². The fourth-order valence-electron chi connectivity index (χ4n) is 2.62. The van der Waals surface area contributed by atoms with Gasteiger partial charge in [0.2, 0.25) is 0 Å². The molecule has 1 aliphatic heterocycles. The summed E-state index contributed by atoms with van der Waals surface area (Å²) in [6.07, 6.45) is 2.28. The normalized spacial score (nSPS) is 27.9. The molecule has 2 rings (SSSR count). The molecule has 0 radical (unpaired) electrons. The van der Waals surface area contributed by atoms with Gasteiger partial charge in [-0.25, -0.2) is 4.79 Å². The molecule has 1 aromatic rings. The molecule has 1 unspecified atom stereocenters. The Balaban J connectivity index is 2.32. The summed E-state index contributed by atoms with van der Waals surface area (Å²) in [7, 11) is 0. The van der Waals surface area contributed by atoms with Crippen molar-refractivity contribution < 1.29 is 4.74 Å². The van der Waals surface area contributed by atoms with Crippen molar-refractivity contribution in [2.75, 3.05) is 0 Å². The molecule has 1 aliphatic rings. The zero-order chi connectivity index (χ0) is 13.4. The van der Waals surface area contributed by atoms with Crippen molar-refractivity contribution in [3.63, 3.8) is 0 Å². The molecular weight excluding hydrogens is 232 g/mol. The van der Waals surface area contributed by atoms with Gasteiger partial charge in [-0.05, 0) is 25.2 Å². The zero-order valence-corrected chi connectivity index (χ0v) is 11.3. The summed E-state index contributed by atoms with van der Waals surface area (Å²) >= 11 is 0. The molecule has 1 fully saturated rings. The fourth-order valence-corrected chi connectivity index (χ4v) is 2.62. The van der Waals surface area contributed by atoms with Crippen LogP contribution >= 0.6 is 0 Å². The van der Waals surface area contributed by atoms with Crippen LogP contribution in [0.4, 0.5) is 0 Å². The van der Waals surface area contributed by atoms with E-state index in [1.54, 1.807) is 13.1 Å². The van der Waals surface area contributed by atoms with Crippen molar-refractivity contribution in [2.24, 2.45) is 11.8 Å². The highest BCUT2D eigenvalue weighted by atomic mass is 16.5. The Labute approximate surface area is 106 Å². The summed E-state index contributed by atoms with van der Waals surface area (Å²) in [5.41, 5.74) is -0.200. The third-order valence-corrected chi connectivity index (χ3v) is 3.56. The Morgan fingerprint density at radius 2 is 2.11 bits per heavy atom.